The van der Waals surface area contributed by atoms with Crippen LogP contribution in [-0.4, -0.2) is 91.1 Å². The van der Waals surface area contributed by atoms with E-state index in [1.54, 1.807) is 98.8 Å². The first-order chi connectivity index (χ1) is 56.9. The molecule has 0 bridgehead atoms. The van der Waals surface area contributed by atoms with Crippen molar-refractivity contribution < 1.29 is 187 Å². The molecule has 121 heavy (non-hydrogen) atoms. The summed E-state index contributed by atoms with van der Waals surface area (Å²) in [4.78, 5) is 102. The molecule has 7 aromatic heterocycles. The van der Waals surface area contributed by atoms with Gasteiger partial charge in [0.2, 0.25) is 0 Å². The summed E-state index contributed by atoms with van der Waals surface area (Å²) in [5.41, 5.74) is 12.5. The van der Waals surface area contributed by atoms with Crippen LogP contribution in [-0.2, 0) is 35.9 Å². The molecule has 0 aliphatic heterocycles. The molecule has 0 radical (unpaired) electrons. The van der Waals surface area contributed by atoms with Gasteiger partial charge >= 0.3 is 161 Å². The van der Waals surface area contributed by atoms with Crippen molar-refractivity contribution >= 4 is 140 Å². The molecule has 0 fully saturated rings. The number of halogens is 4. The van der Waals surface area contributed by atoms with Crippen LogP contribution in [0.15, 0.2) is 307 Å². The van der Waals surface area contributed by atoms with Crippen LogP contribution in [0.4, 0.5) is 13.2 Å². The minimum Gasteiger partial charge on any atom is -1.00 e. The smallest absolute Gasteiger partial charge is 1.00 e. The first-order valence-electron chi connectivity index (χ1n) is 36.0. The number of allylic oxidation sites excluding steroid dienone is 4. The number of hydrogen-bond acceptors (Lipinski definition) is 16. The van der Waals surface area contributed by atoms with E-state index < -0.39 is 23.2 Å². The molecule has 0 aliphatic rings. The first kappa shape index (κ1) is 95.7. The molecule has 17 rings (SSSR count). The Morgan fingerprint density at radius 2 is 0.777 bits per heavy atom. The van der Waals surface area contributed by atoms with E-state index in [2.05, 4.69) is 72.6 Å². The quantitative estimate of drug-likeness (QED) is 0.0128. The average Bonchev–Trinajstić information content (AvgIpc) is 1.61. The van der Waals surface area contributed by atoms with E-state index in [-0.39, 0.29) is 217 Å². The second kappa shape index (κ2) is 44.7. The van der Waals surface area contributed by atoms with Gasteiger partial charge < -0.3 is 37.2 Å². The van der Waals surface area contributed by atoms with Crippen LogP contribution < -0.4 is 166 Å². The topological polar surface area (TPSA) is 325 Å². The van der Waals surface area contributed by atoms with E-state index >= 15 is 0 Å². The maximum Gasteiger partial charge on any atom is 1.00 e. The molecular weight excluding hydrogens is 1690 g/mol. The van der Waals surface area contributed by atoms with Crippen molar-refractivity contribution in [3.05, 3.63) is 367 Å². The van der Waals surface area contributed by atoms with Crippen LogP contribution in [0.2, 0.25) is 0 Å². The fraction of sp³-hybridized carbons (Fsp3) is 0.102. The zero-order chi connectivity index (χ0) is 84.4. The number of aromatic amines is 2. The summed E-state index contributed by atoms with van der Waals surface area (Å²) in [5.74, 6) is -2.24. The van der Waals surface area contributed by atoms with E-state index in [1.165, 1.54) is 60.7 Å². The van der Waals surface area contributed by atoms with Gasteiger partial charge in [0.25, 0.3) is 6.47 Å². The summed E-state index contributed by atoms with van der Waals surface area (Å²) in [5, 5.41) is 31.2. The molecule has 0 unspecified atom stereocenters. The van der Waals surface area contributed by atoms with Gasteiger partial charge in [0.05, 0.1) is 97.8 Å². The van der Waals surface area contributed by atoms with Gasteiger partial charge in [0.15, 0.2) is 22.7 Å². The number of carbonyl (C=O) groups excluding carboxylic acids is 3. The van der Waals surface area contributed by atoms with Crippen molar-refractivity contribution in [2.24, 2.45) is 5.16 Å². The fourth-order valence-corrected chi connectivity index (χ4v) is 13.3. The number of aromatic nitrogens is 12. The number of carbonyl (C=O) groups is 3. The Balaban J connectivity index is 0.000000228. The molecule has 0 spiro atoms. The maximum atomic E-state index is 14.0. The average molecular weight is 1760 g/mol. The Morgan fingerprint density at radius 3 is 1.19 bits per heavy atom. The molecule has 3 N–H and O–H groups in total. The minimum atomic E-state index is -0.589. The Morgan fingerprint density at radius 1 is 0.455 bits per heavy atom. The van der Waals surface area contributed by atoms with E-state index in [0.29, 0.717) is 52.2 Å². The number of oxime groups is 1. The van der Waals surface area contributed by atoms with E-state index in [1.807, 2.05) is 147 Å². The Hall–Kier alpha value is -10.8. The molecule has 33 heteroatoms. The second-order valence-electron chi connectivity index (χ2n) is 26.2. The van der Waals surface area contributed by atoms with Crippen LogP contribution >= 0.6 is 15.9 Å². The van der Waals surface area contributed by atoms with Gasteiger partial charge in [-0.2, -0.15) is 0 Å². The molecule has 17 aromatic rings. The largest absolute Gasteiger partial charge is 1.00 e. The number of nitrogens with zero attached hydrogens (tertiary/aromatic N) is 11. The molecule has 7 heterocycles. The van der Waals surface area contributed by atoms with Crippen molar-refractivity contribution in [3.8, 4) is 0 Å². The zero-order valence-corrected chi connectivity index (χ0v) is 76.6. The third-order valence-corrected chi connectivity index (χ3v) is 18.8. The number of benzene rings is 10. The van der Waals surface area contributed by atoms with Crippen molar-refractivity contribution in [1.29, 1.82) is 0 Å². The minimum absolute atomic E-state index is 0. The standard InChI is InChI=1S/C18H16FN3O2.C18H15FN2O2.C18H15N3O2.C15H11N3O2.C10H10N2O.C8H6BrFO.CH2O3.2K.Na.2H/c1-12(2)22-17-10-6-5-9-16(17)21(18(22)23)11-15(20-24)13-7-3-4-8-14(13)19;1-12(2)21-16-10-6-5-9-15(16)20(18(21)23)11-17(22)13-7-3-4-8-14(13)19;1-12(2)21-16-9-5-4-8-15(16)20(18(21)22)11-14-13-7-3-6-10-17(13)23-19-14;19-15-16-11-6-2-3-7-13(11)18(15)9-12-10-5-1-4-8-14(10)20-17-12;1-7(2)12-9-6-4-3-5-8(9)11-10(12)13;9-5-8(11)6-3-1-2-4-7(6)10;2-1-4-3;;;;;/h3-10,24H,1,11H2,2H3;2*3-10H,1,11H2,2H3;1-8H,9H2,(H,16,19);3-6H,1H2,2H3,(H,11,13);1-4H,5H2;1,3H;;;;;/q;;;;;;;3*+1;2*-1/p-1/b20-15-;;;;;;;;;;;. The van der Waals surface area contributed by atoms with Crippen LogP contribution in [0.25, 0.3) is 99.9 Å². The number of para-hydroxylation sites is 12. The Kier molecular flexibility index (Phi) is 35.3. The van der Waals surface area contributed by atoms with Crippen LogP contribution in [0.5, 0.6) is 0 Å². The first-order valence-corrected chi connectivity index (χ1v) is 37.1. The molecule has 0 saturated heterocycles. The summed E-state index contributed by atoms with van der Waals surface area (Å²) in [6, 6.07) is 70.2. The van der Waals surface area contributed by atoms with Gasteiger partial charge in [-0.25, -0.2) is 37.1 Å². The number of rotatable bonds is 17. The van der Waals surface area contributed by atoms with E-state index in [9.17, 15) is 51.9 Å². The molecule has 0 saturated carbocycles. The second-order valence-corrected chi connectivity index (χ2v) is 26.8. The predicted octanol–water partition coefficient (Wildman–Crippen LogP) is 6.52. The van der Waals surface area contributed by atoms with Gasteiger partial charge in [-0.1, -0.05) is 185 Å². The zero-order valence-electron chi connectivity index (χ0n) is 68.8. The molecule has 0 atom stereocenters. The monoisotopic (exact) mass is 1760 g/mol. The van der Waals surface area contributed by atoms with Crippen LogP contribution in [0.3, 0.4) is 0 Å². The number of H-pyrrole nitrogens is 2. The maximum absolute atomic E-state index is 14.0. The van der Waals surface area contributed by atoms with Crippen molar-refractivity contribution in [2.75, 3.05) is 5.33 Å². The summed E-state index contributed by atoms with van der Waals surface area (Å²) in [7, 11) is 0. The molecule has 0 amide bonds. The van der Waals surface area contributed by atoms with Crippen LogP contribution in [0, 0.1) is 17.5 Å². The van der Waals surface area contributed by atoms with Gasteiger partial charge in [-0.05, 0) is 143 Å². The van der Waals surface area contributed by atoms with Gasteiger partial charge in [0.1, 0.15) is 34.6 Å². The number of Topliss-reactive ketones (excluding diaryl/α,β-unsaturated/α-hetero) is 2. The fourth-order valence-electron chi connectivity index (χ4n) is 13.0. The summed E-state index contributed by atoms with van der Waals surface area (Å²) >= 11 is 2.97. The van der Waals surface area contributed by atoms with Crippen molar-refractivity contribution in [1.82, 2.24) is 56.8 Å². The molecule has 602 valence electrons. The molecule has 26 nitrogen and oxygen atoms in total. The molecule has 10 aromatic carbocycles. The van der Waals surface area contributed by atoms with Gasteiger partial charge in [-0.3, -0.25) is 50.9 Å². The number of hydrogen-bond donors (Lipinski definition) is 3. The van der Waals surface area contributed by atoms with Gasteiger partial charge in [-0.15, -0.1) is 0 Å². The summed E-state index contributed by atoms with van der Waals surface area (Å²) in [6.07, 6.45) is 0. The van der Waals surface area contributed by atoms with Crippen LogP contribution in [0.1, 0.15) is 68.2 Å². The normalized spacial score (nSPS) is 10.6. The molecule has 0 aliphatic carbocycles. The van der Waals surface area contributed by atoms with Crippen molar-refractivity contribution in [2.45, 2.75) is 53.9 Å². The SMILES string of the molecule is C=C(C)n1c(=O)[nH]c2ccccc21.C=C(C)n1c(=O)n(C/C(=N/O)c2ccccc2F)c2ccccc21.C=C(C)n1c(=O)n(CC(=O)c2ccccc2F)c2ccccc21.C=C(C)n1c(=O)n(Cc2noc3ccccc23)c2ccccc21.O=C(CBr)c1ccccc1F.O=CO[O-].O=c1[nH]c2ccccc2n1Cc1noc2ccccc12.[H-].[H-].[K+].[K+].[Na+]. The summed E-state index contributed by atoms with van der Waals surface area (Å²) < 4.78 is 63.4. The predicted molar refractivity (Wildman–Crippen MR) is 453 cm³/mol. The summed E-state index contributed by atoms with van der Waals surface area (Å²) in [6.45, 7) is 22.7. The van der Waals surface area contributed by atoms with Gasteiger partial charge in [0, 0.05) is 39.1 Å². The Bertz CT molecular complexity index is 7040. The number of alkyl halides is 1. The van der Waals surface area contributed by atoms with E-state index in [0.717, 1.165) is 72.1 Å². The Labute approximate surface area is 805 Å². The number of imidazole rings is 5. The number of nitrogens with one attached hydrogen (secondary N) is 2. The third kappa shape index (κ3) is 22.1. The number of ketones is 2. The van der Waals surface area contributed by atoms with E-state index in [4.69, 9.17) is 19.1 Å². The number of fused-ring (bicyclic) bond motifs is 7. The molecular formula is C88H76BrF3K2N13NaO13. The van der Waals surface area contributed by atoms with Crippen molar-refractivity contribution in [3.63, 3.8) is 0 Å². The third-order valence-electron chi connectivity index (χ3n) is 18.2.